The van der Waals surface area contributed by atoms with Gasteiger partial charge in [0.15, 0.2) is 0 Å². The van der Waals surface area contributed by atoms with Crippen LogP contribution >= 0.6 is 23.4 Å². The highest BCUT2D eigenvalue weighted by Gasteiger charge is 2.35. The van der Waals surface area contributed by atoms with E-state index in [-0.39, 0.29) is 17.7 Å². The lowest BCUT2D eigenvalue weighted by Gasteiger charge is -2.12. The van der Waals surface area contributed by atoms with Gasteiger partial charge in [-0.05, 0) is 55.4 Å². The Balaban J connectivity index is 1.66. The molecule has 0 bridgehead atoms. The van der Waals surface area contributed by atoms with Crippen molar-refractivity contribution >= 4 is 51.5 Å². The number of para-hydroxylation sites is 1. The van der Waals surface area contributed by atoms with Crippen LogP contribution in [0.1, 0.15) is 31.0 Å². The molecule has 6 heteroatoms. The lowest BCUT2D eigenvalue weighted by atomic mass is 10.1. The van der Waals surface area contributed by atoms with Crippen molar-refractivity contribution < 1.29 is 9.59 Å². The maximum atomic E-state index is 12.9. The highest BCUT2D eigenvalue weighted by Crippen LogP contribution is 2.35. The molecule has 0 atom stereocenters. The Morgan fingerprint density at radius 3 is 2.50 bits per heavy atom. The molecule has 28 heavy (non-hydrogen) atoms. The van der Waals surface area contributed by atoms with Gasteiger partial charge < -0.3 is 4.57 Å². The van der Waals surface area contributed by atoms with Crippen molar-refractivity contribution in [3.05, 3.63) is 75.8 Å². The second-order valence-electron chi connectivity index (χ2n) is 7.00. The average Bonchev–Trinajstić information content (AvgIpc) is 3.17. The number of nitrogens with zero attached hydrogens (tertiary/aromatic N) is 2. The first kappa shape index (κ1) is 18.8. The van der Waals surface area contributed by atoms with Crippen LogP contribution < -0.4 is 0 Å². The fraction of sp³-hybridized carbons (Fsp3) is 0.182. The van der Waals surface area contributed by atoms with Gasteiger partial charge in [-0.25, -0.2) is 0 Å². The van der Waals surface area contributed by atoms with E-state index < -0.39 is 0 Å². The van der Waals surface area contributed by atoms with Gasteiger partial charge in [0.2, 0.25) is 0 Å². The van der Waals surface area contributed by atoms with E-state index in [2.05, 4.69) is 24.5 Å². The summed E-state index contributed by atoms with van der Waals surface area (Å²) in [5.41, 5.74) is 2.93. The van der Waals surface area contributed by atoms with Crippen LogP contribution in [-0.2, 0) is 11.3 Å². The smallest absolute Gasteiger partial charge is 0.293 e. The number of hydrogen-bond donors (Lipinski definition) is 0. The van der Waals surface area contributed by atoms with Crippen LogP contribution in [0.2, 0.25) is 5.02 Å². The third-order valence-electron chi connectivity index (χ3n) is 4.74. The van der Waals surface area contributed by atoms with Crippen LogP contribution in [0.4, 0.5) is 4.79 Å². The van der Waals surface area contributed by atoms with E-state index in [1.165, 1.54) is 4.90 Å². The predicted octanol–water partition coefficient (Wildman–Crippen LogP) is 6.11. The monoisotopic (exact) mass is 410 g/mol. The zero-order valence-corrected chi connectivity index (χ0v) is 17.1. The van der Waals surface area contributed by atoms with Crippen molar-refractivity contribution in [2.75, 3.05) is 0 Å². The molecule has 0 radical (unpaired) electrons. The first-order valence-corrected chi connectivity index (χ1v) is 10.2. The average molecular weight is 411 g/mol. The first-order valence-electron chi connectivity index (χ1n) is 9.03. The molecule has 4 rings (SSSR count). The summed E-state index contributed by atoms with van der Waals surface area (Å²) in [4.78, 5) is 27.0. The quantitative estimate of drug-likeness (QED) is 0.487. The molecule has 1 saturated heterocycles. The van der Waals surface area contributed by atoms with Gasteiger partial charge in [0.25, 0.3) is 11.1 Å². The minimum Gasteiger partial charge on any atom is -0.344 e. The van der Waals surface area contributed by atoms with Gasteiger partial charge in [0.1, 0.15) is 0 Å². The van der Waals surface area contributed by atoms with Crippen molar-refractivity contribution in [3.63, 3.8) is 0 Å². The maximum absolute atomic E-state index is 12.9. The normalized spacial score (nSPS) is 16.1. The van der Waals surface area contributed by atoms with Crippen LogP contribution in [0.3, 0.4) is 0 Å². The van der Waals surface area contributed by atoms with E-state index >= 15 is 0 Å². The molecule has 1 aromatic heterocycles. The number of carbonyl (C=O) groups is 2. The highest BCUT2D eigenvalue weighted by atomic mass is 35.5. The molecule has 0 aliphatic carbocycles. The number of rotatable bonds is 4. The third kappa shape index (κ3) is 3.48. The Bertz CT molecular complexity index is 1100. The van der Waals surface area contributed by atoms with Gasteiger partial charge >= 0.3 is 0 Å². The minimum absolute atomic E-state index is 0.243. The molecule has 0 N–H and O–H groups in total. The molecule has 142 valence electrons. The van der Waals surface area contributed by atoms with Crippen LogP contribution in [0.15, 0.2) is 59.6 Å². The third-order valence-corrected chi connectivity index (χ3v) is 5.90. The Morgan fingerprint density at radius 2 is 1.79 bits per heavy atom. The molecule has 2 heterocycles. The Hall–Kier alpha value is -2.50. The first-order chi connectivity index (χ1) is 13.4. The zero-order valence-electron chi connectivity index (χ0n) is 15.6. The topological polar surface area (TPSA) is 42.3 Å². The number of halogens is 1. The van der Waals surface area contributed by atoms with Crippen molar-refractivity contribution in [2.45, 2.75) is 26.4 Å². The van der Waals surface area contributed by atoms with Gasteiger partial charge in [0.05, 0.1) is 11.4 Å². The predicted molar refractivity (Wildman–Crippen MR) is 115 cm³/mol. The van der Waals surface area contributed by atoms with Crippen molar-refractivity contribution in [3.8, 4) is 0 Å². The molecule has 3 aromatic rings. The lowest BCUT2D eigenvalue weighted by Crippen LogP contribution is -2.27. The fourth-order valence-corrected chi connectivity index (χ4v) is 4.28. The fourth-order valence-electron chi connectivity index (χ4n) is 3.32. The molecule has 2 aromatic carbocycles. The Morgan fingerprint density at radius 1 is 1.07 bits per heavy atom. The molecule has 2 amide bonds. The maximum Gasteiger partial charge on any atom is 0.293 e. The summed E-state index contributed by atoms with van der Waals surface area (Å²) < 4.78 is 2.18. The highest BCUT2D eigenvalue weighted by molar-refractivity contribution is 8.18. The van der Waals surface area contributed by atoms with E-state index in [1.54, 1.807) is 12.1 Å². The van der Waals surface area contributed by atoms with Crippen molar-refractivity contribution in [2.24, 2.45) is 0 Å². The van der Waals surface area contributed by atoms with Crippen LogP contribution in [0, 0.1) is 0 Å². The number of amides is 2. The van der Waals surface area contributed by atoms with E-state index in [4.69, 9.17) is 11.6 Å². The molecule has 0 saturated carbocycles. The zero-order chi connectivity index (χ0) is 19.8. The molecule has 1 aliphatic rings. The van der Waals surface area contributed by atoms with E-state index in [9.17, 15) is 9.59 Å². The van der Waals surface area contributed by atoms with E-state index in [0.29, 0.717) is 16.0 Å². The Kier molecular flexibility index (Phi) is 5.04. The second-order valence-corrected chi connectivity index (χ2v) is 8.43. The number of benzene rings is 2. The number of imide groups is 1. The molecule has 4 nitrogen and oxygen atoms in total. The summed E-state index contributed by atoms with van der Waals surface area (Å²) in [7, 11) is 0. The summed E-state index contributed by atoms with van der Waals surface area (Å²) in [5, 5.41) is 1.44. The lowest BCUT2D eigenvalue weighted by molar-refractivity contribution is -0.123. The molecule has 1 aliphatic heterocycles. The van der Waals surface area contributed by atoms with Crippen LogP contribution in [0.25, 0.3) is 17.0 Å². The number of carbonyl (C=O) groups excluding carboxylic acids is 2. The molecule has 1 fully saturated rings. The minimum atomic E-state index is -0.258. The largest absolute Gasteiger partial charge is 0.344 e. The summed E-state index contributed by atoms with van der Waals surface area (Å²) in [6.45, 7) is 4.49. The van der Waals surface area contributed by atoms with Crippen molar-refractivity contribution in [1.29, 1.82) is 0 Å². The second kappa shape index (κ2) is 7.49. The number of aromatic nitrogens is 1. The van der Waals surface area contributed by atoms with E-state index in [1.807, 2.05) is 42.6 Å². The van der Waals surface area contributed by atoms with Gasteiger partial charge in [0, 0.05) is 33.7 Å². The standard InChI is InChI=1S/C22H19ClN2O2S/c1-14(2)24-13-16(18-5-3-4-6-19(18)24)11-20-21(26)25(22(27)28-20)12-15-7-9-17(23)10-8-15/h3-11,13-14H,12H2,1-2H3/b20-11-. The molecular weight excluding hydrogens is 392 g/mol. The Labute approximate surface area is 172 Å². The van der Waals surface area contributed by atoms with Crippen LogP contribution in [-0.4, -0.2) is 20.6 Å². The van der Waals surface area contributed by atoms with Crippen LogP contribution in [0.5, 0.6) is 0 Å². The summed E-state index contributed by atoms with van der Waals surface area (Å²) >= 11 is 6.90. The summed E-state index contributed by atoms with van der Waals surface area (Å²) in [6.07, 6.45) is 3.87. The van der Waals surface area contributed by atoms with Gasteiger partial charge in [-0.15, -0.1) is 0 Å². The number of hydrogen-bond acceptors (Lipinski definition) is 3. The summed E-state index contributed by atoms with van der Waals surface area (Å²) in [5.74, 6) is -0.258. The summed E-state index contributed by atoms with van der Waals surface area (Å²) in [6, 6.07) is 15.6. The molecular formula is C22H19ClN2O2S. The number of fused-ring (bicyclic) bond motifs is 1. The van der Waals surface area contributed by atoms with Gasteiger partial charge in [-0.1, -0.05) is 41.9 Å². The molecule has 0 unspecified atom stereocenters. The van der Waals surface area contributed by atoms with Gasteiger partial charge in [-0.3, -0.25) is 14.5 Å². The molecule has 0 spiro atoms. The number of thioether (sulfide) groups is 1. The van der Waals surface area contributed by atoms with E-state index in [0.717, 1.165) is 33.8 Å². The SMILES string of the molecule is CC(C)n1cc(/C=C2\SC(=O)N(Cc3ccc(Cl)cc3)C2=O)c2ccccc21. The van der Waals surface area contributed by atoms with Crippen molar-refractivity contribution in [1.82, 2.24) is 9.47 Å². The van der Waals surface area contributed by atoms with Gasteiger partial charge in [-0.2, -0.15) is 0 Å².